The van der Waals surface area contributed by atoms with Crippen molar-refractivity contribution in [2.45, 2.75) is 32.2 Å². The molecule has 1 unspecified atom stereocenters. The molecule has 7 nitrogen and oxygen atoms in total. The van der Waals surface area contributed by atoms with E-state index in [4.69, 9.17) is 26.2 Å². The number of carboxylic acid groups (broad SMARTS) is 1. The zero-order chi connectivity index (χ0) is 24.0. The summed E-state index contributed by atoms with van der Waals surface area (Å²) in [4.78, 5) is 18.0. The third-order valence-corrected chi connectivity index (χ3v) is 5.27. The number of aromatic nitrogens is 2. The number of rotatable bonds is 5. The maximum absolute atomic E-state index is 10.6. The molecule has 3 aromatic rings. The Balaban J connectivity index is 0.000000383. The van der Waals surface area contributed by atoms with Crippen LogP contribution < -0.4 is 15.4 Å². The summed E-state index contributed by atoms with van der Waals surface area (Å²) in [5.74, 6) is -1.26. The lowest BCUT2D eigenvalue weighted by Crippen LogP contribution is -2.21. The van der Waals surface area contributed by atoms with Gasteiger partial charge in [0.25, 0.3) is 0 Å². The number of aryl methyl sites for hydroxylation is 1. The molecule has 176 valence electrons. The predicted molar refractivity (Wildman–Crippen MR) is 119 cm³/mol. The van der Waals surface area contributed by atoms with Crippen molar-refractivity contribution in [3.05, 3.63) is 58.7 Å². The molecule has 4 rings (SSSR count). The third kappa shape index (κ3) is 6.93. The molecule has 2 aromatic heterocycles. The fraction of sp³-hybridized carbons (Fsp3) is 0.318. The largest absolute Gasteiger partial charge is 0.490 e. The number of ether oxygens (including phenoxy) is 1. The molecule has 3 heterocycles. The first-order chi connectivity index (χ1) is 15.6. The average Bonchev–Trinajstić information content (AvgIpc) is 3.29. The van der Waals surface area contributed by atoms with Crippen LogP contribution in [0.4, 0.5) is 19.0 Å². The van der Waals surface area contributed by atoms with E-state index in [-0.39, 0.29) is 6.10 Å². The Morgan fingerprint density at radius 2 is 2.00 bits per heavy atom. The van der Waals surface area contributed by atoms with Crippen LogP contribution in [0.1, 0.15) is 17.5 Å². The molecule has 1 atom stereocenters. The fourth-order valence-corrected chi connectivity index (χ4v) is 3.23. The number of hydrogen-bond donors (Lipinski definition) is 3. The Labute approximate surface area is 192 Å². The molecule has 0 spiro atoms. The number of halogens is 4. The standard InChI is InChI=1S/C20H21ClN4O.C2HF3O2/c1-13-17(21)5-3-15-4-6-18(25-20(13)15)23-10-14-2-7-19(24-11-14)26-16-8-9-22-12-16;3-2(4,5)1(6)7/h2-7,11,16,22H,8-10,12H2,1H3,(H,23,25);(H,6,7). The van der Waals surface area contributed by atoms with E-state index in [1.807, 2.05) is 43.5 Å². The summed E-state index contributed by atoms with van der Waals surface area (Å²) in [6.45, 7) is 4.54. The molecular formula is C22H22ClF3N4O3. The molecule has 1 saturated heterocycles. The van der Waals surface area contributed by atoms with Gasteiger partial charge in [-0.05, 0) is 49.2 Å². The Bertz CT molecular complexity index is 1100. The van der Waals surface area contributed by atoms with E-state index in [1.54, 1.807) is 0 Å². The lowest BCUT2D eigenvalue weighted by atomic mass is 10.1. The highest BCUT2D eigenvalue weighted by atomic mass is 35.5. The molecule has 33 heavy (non-hydrogen) atoms. The highest BCUT2D eigenvalue weighted by Gasteiger charge is 2.38. The van der Waals surface area contributed by atoms with Crippen LogP contribution in [-0.4, -0.2) is 46.4 Å². The van der Waals surface area contributed by atoms with Crippen LogP contribution in [0.5, 0.6) is 5.88 Å². The van der Waals surface area contributed by atoms with Gasteiger partial charge in [0.2, 0.25) is 5.88 Å². The molecule has 1 aliphatic heterocycles. The smallest absolute Gasteiger partial charge is 0.475 e. The van der Waals surface area contributed by atoms with E-state index in [1.165, 1.54) is 0 Å². The number of fused-ring (bicyclic) bond motifs is 1. The highest BCUT2D eigenvalue weighted by molar-refractivity contribution is 6.32. The normalized spacial score (nSPS) is 15.6. The zero-order valence-corrected chi connectivity index (χ0v) is 18.4. The van der Waals surface area contributed by atoms with Crippen molar-refractivity contribution in [3.63, 3.8) is 0 Å². The van der Waals surface area contributed by atoms with E-state index in [0.29, 0.717) is 12.4 Å². The van der Waals surface area contributed by atoms with Gasteiger partial charge in [0, 0.05) is 35.8 Å². The van der Waals surface area contributed by atoms with E-state index in [9.17, 15) is 13.2 Å². The van der Waals surface area contributed by atoms with Gasteiger partial charge in [0.1, 0.15) is 11.9 Å². The van der Waals surface area contributed by atoms with Crippen LogP contribution in [0, 0.1) is 6.92 Å². The SMILES string of the molecule is Cc1c(Cl)ccc2ccc(NCc3ccc(OC4CCNC4)nc3)nc12.O=C(O)C(F)(F)F. The van der Waals surface area contributed by atoms with Crippen molar-refractivity contribution in [1.82, 2.24) is 15.3 Å². The van der Waals surface area contributed by atoms with Crippen LogP contribution in [0.2, 0.25) is 5.02 Å². The number of carbonyl (C=O) groups is 1. The van der Waals surface area contributed by atoms with Gasteiger partial charge >= 0.3 is 12.1 Å². The van der Waals surface area contributed by atoms with Gasteiger partial charge in [-0.25, -0.2) is 14.8 Å². The van der Waals surface area contributed by atoms with Gasteiger partial charge in [-0.1, -0.05) is 23.7 Å². The van der Waals surface area contributed by atoms with Crippen molar-refractivity contribution in [2.75, 3.05) is 18.4 Å². The number of benzene rings is 1. The van der Waals surface area contributed by atoms with Crippen molar-refractivity contribution >= 4 is 34.3 Å². The molecule has 0 aliphatic carbocycles. The minimum atomic E-state index is -5.08. The molecular weight excluding hydrogens is 461 g/mol. The van der Waals surface area contributed by atoms with Crippen LogP contribution in [-0.2, 0) is 11.3 Å². The number of carboxylic acids is 1. The monoisotopic (exact) mass is 482 g/mol. The average molecular weight is 483 g/mol. The second-order valence-electron chi connectivity index (χ2n) is 7.33. The summed E-state index contributed by atoms with van der Waals surface area (Å²) < 4.78 is 37.6. The fourth-order valence-electron chi connectivity index (χ4n) is 3.08. The topological polar surface area (TPSA) is 96.4 Å². The highest BCUT2D eigenvalue weighted by Crippen LogP contribution is 2.25. The summed E-state index contributed by atoms with van der Waals surface area (Å²) in [6.07, 6.45) is -1.99. The molecule has 11 heteroatoms. The molecule has 1 fully saturated rings. The number of pyridine rings is 2. The van der Waals surface area contributed by atoms with Gasteiger partial charge in [0.15, 0.2) is 0 Å². The molecule has 1 aromatic carbocycles. The van der Waals surface area contributed by atoms with E-state index in [2.05, 4.69) is 26.7 Å². The molecule has 3 N–H and O–H groups in total. The van der Waals surface area contributed by atoms with Crippen LogP contribution in [0.15, 0.2) is 42.6 Å². The van der Waals surface area contributed by atoms with Crippen molar-refractivity contribution in [1.29, 1.82) is 0 Å². The van der Waals surface area contributed by atoms with Crippen molar-refractivity contribution < 1.29 is 27.8 Å². The molecule has 0 amide bonds. The molecule has 0 bridgehead atoms. The molecule has 0 radical (unpaired) electrons. The lowest BCUT2D eigenvalue weighted by Gasteiger charge is -2.12. The minimum absolute atomic E-state index is 0.225. The van der Waals surface area contributed by atoms with Crippen molar-refractivity contribution in [3.8, 4) is 5.88 Å². The Morgan fingerprint density at radius 1 is 1.27 bits per heavy atom. The van der Waals surface area contributed by atoms with Gasteiger partial charge in [0.05, 0.1) is 5.52 Å². The molecule has 1 aliphatic rings. The van der Waals surface area contributed by atoms with Gasteiger partial charge in [-0.3, -0.25) is 0 Å². The number of nitrogens with one attached hydrogen (secondary N) is 2. The number of hydrogen-bond acceptors (Lipinski definition) is 6. The summed E-state index contributed by atoms with van der Waals surface area (Å²) in [5, 5.41) is 15.6. The summed E-state index contributed by atoms with van der Waals surface area (Å²) in [7, 11) is 0. The van der Waals surface area contributed by atoms with Crippen LogP contribution in [0.3, 0.4) is 0 Å². The Kier molecular flexibility index (Phi) is 7.93. The predicted octanol–water partition coefficient (Wildman–Crippen LogP) is 4.58. The minimum Gasteiger partial charge on any atom is -0.475 e. The summed E-state index contributed by atoms with van der Waals surface area (Å²) in [6, 6.07) is 11.9. The van der Waals surface area contributed by atoms with Gasteiger partial charge in [-0.2, -0.15) is 13.2 Å². The maximum atomic E-state index is 10.6. The first-order valence-corrected chi connectivity index (χ1v) is 10.4. The molecule has 0 saturated carbocycles. The summed E-state index contributed by atoms with van der Waals surface area (Å²) >= 11 is 6.20. The van der Waals surface area contributed by atoms with Crippen LogP contribution >= 0.6 is 11.6 Å². The third-order valence-electron chi connectivity index (χ3n) is 4.87. The second kappa shape index (κ2) is 10.7. The van der Waals surface area contributed by atoms with E-state index < -0.39 is 12.1 Å². The van der Waals surface area contributed by atoms with Crippen molar-refractivity contribution in [2.24, 2.45) is 0 Å². The lowest BCUT2D eigenvalue weighted by molar-refractivity contribution is -0.192. The Morgan fingerprint density at radius 3 is 2.61 bits per heavy atom. The second-order valence-corrected chi connectivity index (χ2v) is 7.74. The zero-order valence-electron chi connectivity index (χ0n) is 17.6. The van der Waals surface area contributed by atoms with E-state index in [0.717, 1.165) is 52.4 Å². The first kappa shape index (κ1) is 24.5. The number of nitrogens with zero attached hydrogens (tertiary/aromatic N) is 2. The first-order valence-electron chi connectivity index (χ1n) is 10.1. The Hall–Kier alpha value is -3.11. The number of alkyl halides is 3. The number of anilines is 1. The van der Waals surface area contributed by atoms with Gasteiger partial charge in [-0.15, -0.1) is 0 Å². The van der Waals surface area contributed by atoms with Crippen LogP contribution in [0.25, 0.3) is 10.9 Å². The number of aliphatic carboxylic acids is 1. The summed E-state index contributed by atoms with van der Waals surface area (Å²) in [5.41, 5.74) is 3.00. The quantitative estimate of drug-likeness (QED) is 0.490. The maximum Gasteiger partial charge on any atom is 0.490 e. The van der Waals surface area contributed by atoms with E-state index >= 15 is 0 Å². The van der Waals surface area contributed by atoms with Gasteiger partial charge < -0.3 is 20.5 Å².